The zero-order valence-electron chi connectivity index (χ0n) is 22.5. The van der Waals surface area contributed by atoms with E-state index in [-0.39, 0.29) is 52.1 Å². The summed E-state index contributed by atoms with van der Waals surface area (Å²) in [5.41, 5.74) is -1.39. The van der Waals surface area contributed by atoms with E-state index < -0.39 is 34.7 Å². The molecule has 0 atom stereocenters. The van der Waals surface area contributed by atoms with Crippen molar-refractivity contribution < 1.29 is 38.1 Å². The Kier molecular flexibility index (Phi) is 11.8. The summed E-state index contributed by atoms with van der Waals surface area (Å²) in [5.74, 6) is -2.49. The molecule has 0 fully saturated rings. The van der Waals surface area contributed by atoms with Gasteiger partial charge in [0.05, 0.1) is 26.4 Å². The molecule has 37 heavy (non-hydrogen) atoms. The zero-order chi connectivity index (χ0) is 27.3. The van der Waals surface area contributed by atoms with Crippen molar-refractivity contribution in [1.82, 2.24) is 0 Å². The van der Waals surface area contributed by atoms with Crippen molar-refractivity contribution in [3.63, 3.8) is 0 Å². The van der Waals surface area contributed by atoms with Crippen LogP contribution in [0.4, 0.5) is 0 Å². The van der Waals surface area contributed by atoms with Crippen LogP contribution >= 0.6 is 0 Å². The molecule has 8 nitrogen and oxygen atoms in total. The van der Waals surface area contributed by atoms with Crippen LogP contribution in [-0.2, 0) is 44.5 Å². The van der Waals surface area contributed by atoms with Gasteiger partial charge in [-0.1, -0.05) is 49.3 Å². The molecule has 204 valence electrons. The Labute approximate surface area is 219 Å². The molecule has 0 saturated heterocycles. The molecule has 1 aromatic carbocycles. The van der Waals surface area contributed by atoms with Gasteiger partial charge in [-0.3, -0.25) is 19.2 Å². The van der Waals surface area contributed by atoms with Crippen molar-refractivity contribution in [2.45, 2.75) is 72.6 Å². The van der Waals surface area contributed by atoms with Crippen LogP contribution in [0, 0.1) is 10.8 Å². The van der Waals surface area contributed by atoms with Crippen LogP contribution in [0.2, 0.25) is 0 Å². The van der Waals surface area contributed by atoms with Gasteiger partial charge in [0.15, 0.2) is 10.8 Å². The minimum atomic E-state index is -1.56. The SMILES string of the molecule is CCOC(=O)C1(C(=O)OCC)CC/C=C/c2ccccc2CC(C(=O)OCC)(C(=O)OCC)CCCC1. The Morgan fingerprint density at radius 2 is 1.14 bits per heavy atom. The van der Waals surface area contributed by atoms with Crippen LogP contribution in [0.3, 0.4) is 0 Å². The Morgan fingerprint density at radius 1 is 0.676 bits per heavy atom. The van der Waals surface area contributed by atoms with Crippen molar-refractivity contribution >= 4 is 30.0 Å². The Balaban J connectivity index is 2.60. The van der Waals surface area contributed by atoms with Gasteiger partial charge in [-0.25, -0.2) is 0 Å². The molecule has 2 rings (SSSR count). The van der Waals surface area contributed by atoms with Gasteiger partial charge in [0.2, 0.25) is 0 Å². The summed E-state index contributed by atoms with van der Waals surface area (Å²) < 4.78 is 21.4. The Morgan fingerprint density at radius 3 is 1.65 bits per heavy atom. The van der Waals surface area contributed by atoms with E-state index in [1.165, 1.54) is 0 Å². The van der Waals surface area contributed by atoms with Crippen LogP contribution < -0.4 is 0 Å². The van der Waals surface area contributed by atoms with Crippen molar-refractivity contribution in [3.05, 3.63) is 41.5 Å². The van der Waals surface area contributed by atoms with E-state index in [0.717, 1.165) is 11.1 Å². The number of allylic oxidation sites excluding steroid dienone is 1. The number of benzene rings is 1. The lowest BCUT2D eigenvalue weighted by Crippen LogP contribution is -2.44. The molecule has 0 heterocycles. The van der Waals surface area contributed by atoms with E-state index in [9.17, 15) is 19.2 Å². The van der Waals surface area contributed by atoms with Gasteiger partial charge in [-0.05, 0) is 70.9 Å². The second-order valence-corrected chi connectivity index (χ2v) is 9.07. The minimum Gasteiger partial charge on any atom is -0.465 e. The fourth-order valence-electron chi connectivity index (χ4n) is 4.79. The number of ether oxygens (including phenoxy) is 4. The minimum absolute atomic E-state index is 0.117. The molecule has 0 saturated carbocycles. The van der Waals surface area contributed by atoms with Crippen molar-refractivity contribution in [3.8, 4) is 0 Å². The van der Waals surface area contributed by atoms with E-state index in [0.29, 0.717) is 19.3 Å². The van der Waals surface area contributed by atoms with Crippen LogP contribution in [0.1, 0.15) is 77.3 Å². The van der Waals surface area contributed by atoms with E-state index in [4.69, 9.17) is 18.9 Å². The molecule has 1 aromatic rings. The summed E-state index contributed by atoms with van der Waals surface area (Å²) in [4.78, 5) is 53.0. The highest BCUT2D eigenvalue weighted by atomic mass is 16.6. The van der Waals surface area contributed by atoms with E-state index in [1.54, 1.807) is 27.7 Å². The van der Waals surface area contributed by atoms with Crippen LogP contribution in [0.5, 0.6) is 0 Å². The largest absolute Gasteiger partial charge is 0.465 e. The van der Waals surface area contributed by atoms with Gasteiger partial charge in [-0.15, -0.1) is 0 Å². The molecule has 0 radical (unpaired) electrons. The van der Waals surface area contributed by atoms with Gasteiger partial charge in [0.1, 0.15) is 0 Å². The standard InChI is InChI=1S/C29H40O8/c1-5-34-24(30)28(25(31)35-6-2)18-12-11-16-22-15-9-10-17-23(22)21-29(20-14-13-19-28,26(32)36-7-3)27(33)37-8-4/h9-11,15-17H,5-8,12-14,18-21H2,1-4H3/b16-11+. The van der Waals surface area contributed by atoms with Crippen molar-refractivity contribution in [2.24, 2.45) is 10.8 Å². The van der Waals surface area contributed by atoms with Gasteiger partial charge >= 0.3 is 23.9 Å². The van der Waals surface area contributed by atoms with Crippen LogP contribution in [0.25, 0.3) is 6.08 Å². The smallest absolute Gasteiger partial charge is 0.323 e. The van der Waals surface area contributed by atoms with Crippen LogP contribution in [0.15, 0.2) is 30.3 Å². The highest BCUT2D eigenvalue weighted by Gasteiger charge is 2.50. The summed E-state index contributed by atoms with van der Waals surface area (Å²) in [6.07, 6.45) is 5.65. The first-order valence-corrected chi connectivity index (χ1v) is 13.2. The quantitative estimate of drug-likeness (QED) is 0.275. The number of fused-ring (bicyclic) bond motifs is 1. The summed E-state index contributed by atoms with van der Waals surface area (Å²) in [7, 11) is 0. The van der Waals surface area contributed by atoms with Gasteiger partial charge < -0.3 is 18.9 Å². The first-order valence-electron chi connectivity index (χ1n) is 13.2. The predicted octanol–water partition coefficient (Wildman–Crippen LogP) is 4.82. The molecule has 0 bridgehead atoms. The third-order valence-corrected chi connectivity index (χ3v) is 6.70. The number of hydrogen-bond acceptors (Lipinski definition) is 8. The molecular formula is C29H40O8. The Hall–Kier alpha value is -3.16. The lowest BCUT2D eigenvalue weighted by Gasteiger charge is -2.31. The fourth-order valence-corrected chi connectivity index (χ4v) is 4.79. The number of carbonyl (C=O) groups excluding carboxylic acids is 4. The topological polar surface area (TPSA) is 105 Å². The molecule has 1 aliphatic carbocycles. The molecule has 8 heteroatoms. The van der Waals surface area contributed by atoms with Crippen molar-refractivity contribution in [2.75, 3.05) is 26.4 Å². The average molecular weight is 517 g/mol. The lowest BCUT2D eigenvalue weighted by molar-refractivity contribution is -0.176. The predicted molar refractivity (Wildman–Crippen MR) is 138 cm³/mol. The summed E-state index contributed by atoms with van der Waals surface area (Å²) in [6.45, 7) is 7.29. The first-order chi connectivity index (χ1) is 17.8. The molecule has 0 unspecified atom stereocenters. The van der Waals surface area contributed by atoms with Crippen LogP contribution in [-0.4, -0.2) is 50.3 Å². The fraction of sp³-hybridized carbons (Fsp3) is 0.586. The molecule has 0 amide bonds. The maximum absolute atomic E-state index is 13.4. The first kappa shape index (κ1) is 30.1. The molecule has 0 aliphatic heterocycles. The van der Waals surface area contributed by atoms with Crippen molar-refractivity contribution in [1.29, 1.82) is 0 Å². The molecule has 0 aromatic heterocycles. The summed E-state index contributed by atoms with van der Waals surface area (Å²) in [6, 6.07) is 7.52. The van der Waals surface area contributed by atoms with Gasteiger partial charge in [0, 0.05) is 0 Å². The van der Waals surface area contributed by atoms with E-state index in [2.05, 4.69) is 0 Å². The number of rotatable bonds is 8. The van der Waals surface area contributed by atoms with Gasteiger partial charge in [0.25, 0.3) is 0 Å². The van der Waals surface area contributed by atoms with E-state index in [1.807, 2.05) is 36.4 Å². The third-order valence-electron chi connectivity index (χ3n) is 6.70. The highest BCUT2D eigenvalue weighted by molar-refractivity contribution is 6.01. The molecule has 0 N–H and O–H groups in total. The second-order valence-electron chi connectivity index (χ2n) is 9.07. The number of hydrogen-bond donors (Lipinski definition) is 0. The number of carbonyl (C=O) groups is 4. The maximum Gasteiger partial charge on any atom is 0.323 e. The highest BCUT2D eigenvalue weighted by Crippen LogP contribution is 2.39. The monoisotopic (exact) mass is 516 g/mol. The second kappa shape index (κ2) is 14.5. The summed E-state index contributed by atoms with van der Waals surface area (Å²) in [5, 5.41) is 0. The van der Waals surface area contributed by atoms with Gasteiger partial charge in [-0.2, -0.15) is 0 Å². The molecule has 0 spiro atoms. The Bertz CT molecular complexity index is 928. The normalized spacial score (nSPS) is 17.9. The number of esters is 4. The van der Waals surface area contributed by atoms with E-state index >= 15 is 0 Å². The lowest BCUT2D eigenvalue weighted by atomic mass is 9.74. The maximum atomic E-state index is 13.4. The average Bonchev–Trinajstić information content (AvgIpc) is 2.89. The third kappa shape index (κ3) is 7.21. The zero-order valence-corrected chi connectivity index (χ0v) is 22.5. The molecule has 1 aliphatic rings. The molecular weight excluding hydrogens is 476 g/mol. The summed E-state index contributed by atoms with van der Waals surface area (Å²) >= 11 is 0.